The van der Waals surface area contributed by atoms with Gasteiger partial charge in [-0.2, -0.15) is 0 Å². The minimum absolute atomic E-state index is 0.0240. The van der Waals surface area contributed by atoms with Crippen LogP contribution >= 0.6 is 0 Å². The summed E-state index contributed by atoms with van der Waals surface area (Å²) < 4.78 is 21.7. The summed E-state index contributed by atoms with van der Waals surface area (Å²) in [6.45, 7) is 4.04. The topological polar surface area (TPSA) is 76.3 Å². The minimum atomic E-state index is -0.0240. The lowest BCUT2D eigenvalue weighted by molar-refractivity contribution is 0.0633. The number of methoxy groups -OCH3 is 4. The summed E-state index contributed by atoms with van der Waals surface area (Å²) in [5.41, 5.74) is 2.49. The standard InChI is InChI=1S/C25H31N3O5/c1-30-18-7-5-17(6-8-18)9-10-27-11-13-28(14-12-27)25(29)20-15-19-21(31-2)16-22(32-3)24(33-4)23(19)26-20/h5-8,15-16,26H,9-14H2,1-4H3. The molecule has 0 atom stereocenters. The van der Waals surface area contributed by atoms with E-state index in [1.807, 2.05) is 23.1 Å². The first-order valence-corrected chi connectivity index (χ1v) is 11.0. The molecule has 1 saturated heterocycles. The number of amides is 1. The zero-order valence-corrected chi connectivity index (χ0v) is 19.6. The predicted molar refractivity (Wildman–Crippen MR) is 127 cm³/mol. The van der Waals surface area contributed by atoms with Crippen molar-refractivity contribution in [1.82, 2.24) is 14.8 Å². The van der Waals surface area contributed by atoms with Crippen molar-refractivity contribution in [1.29, 1.82) is 0 Å². The van der Waals surface area contributed by atoms with E-state index in [1.54, 1.807) is 34.5 Å². The van der Waals surface area contributed by atoms with Crippen molar-refractivity contribution < 1.29 is 23.7 Å². The van der Waals surface area contributed by atoms with Crippen LogP contribution < -0.4 is 18.9 Å². The third-order valence-electron chi connectivity index (χ3n) is 6.21. The second kappa shape index (κ2) is 10.0. The summed E-state index contributed by atoms with van der Waals surface area (Å²) in [5.74, 6) is 2.57. The van der Waals surface area contributed by atoms with Crippen LogP contribution in [-0.2, 0) is 6.42 Å². The lowest BCUT2D eigenvalue weighted by atomic mass is 10.1. The Morgan fingerprint density at radius 3 is 2.18 bits per heavy atom. The summed E-state index contributed by atoms with van der Waals surface area (Å²) in [4.78, 5) is 20.7. The second-order valence-electron chi connectivity index (χ2n) is 8.02. The van der Waals surface area contributed by atoms with E-state index in [0.717, 1.165) is 37.2 Å². The molecule has 2 heterocycles. The molecule has 0 spiro atoms. The molecule has 8 heteroatoms. The number of hydrogen-bond acceptors (Lipinski definition) is 6. The highest BCUT2D eigenvalue weighted by molar-refractivity contribution is 6.02. The van der Waals surface area contributed by atoms with E-state index in [0.29, 0.717) is 41.5 Å². The fourth-order valence-corrected chi connectivity index (χ4v) is 4.28. The number of nitrogens with zero attached hydrogens (tertiary/aromatic N) is 2. The quantitative estimate of drug-likeness (QED) is 0.565. The third-order valence-corrected chi connectivity index (χ3v) is 6.21. The number of hydrogen-bond donors (Lipinski definition) is 1. The number of nitrogens with one attached hydrogen (secondary N) is 1. The summed E-state index contributed by atoms with van der Waals surface area (Å²) in [5, 5.41) is 0.789. The van der Waals surface area contributed by atoms with Crippen molar-refractivity contribution in [2.45, 2.75) is 6.42 Å². The second-order valence-corrected chi connectivity index (χ2v) is 8.02. The number of aromatic nitrogens is 1. The van der Waals surface area contributed by atoms with E-state index in [1.165, 1.54) is 5.56 Å². The molecule has 1 amide bonds. The Kier molecular flexibility index (Phi) is 6.93. The van der Waals surface area contributed by atoms with Crippen molar-refractivity contribution in [2.24, 2.45) is 0 Å². The highest BCUT2D eigenvalue weighted by Crippen LogP contribution is 2.41. The Labute approximate surface area is 194 Å². The average molecular weight is 454 g/mol. The van der Waals surface area contributed by atoms with E-state index in [9.17, 15) is 4.79 Å². The smallest absolute Gasteiger partial charge is 0.270 e. The van der Waals surface area contributed by atoms with Crippen LogP contribution in [0.15, 0.2) is 36.4 Å². The van der Waals surface area contributed by atoms with Gasteiger partial charge in [0.05, 0.1) is 34.0 Å². The number of H-pyrrole nitrogens is 1. The van der Waals surface area contributed by atoms with Gasteiger partial charge in [0.2, 0.25) is 0 Å². The molecule has 1 aliphatic heterocycles. The molecule has 1 aliphatic rings. The molecule has 0 bridgehead atoms. The van der Waals surface area contributed by atoms with Crippen molar-refractivity contribution in [3.05, 3.63) is 47.7 Å². The van der Waals surface area contributed by atoms with Gasteiger partial charge >= 0.3 is 0 Å². The van der Waals surface area contributed by atoms with Gasteiger partial charge in [0.1, 0.15) is 17.2 Å². The number of ether oxygens (including phenoxy) is 4. The van der Waals surface area contributed by atoms with Crippen LogP contribution in [0.3, 0.4) is 0 Å². The molecular weight excluding hydrogens is 422 g/mol. The maximum absolute atomic E-state index is 13.2. The number of carbonyl (C=O) groups excluding carboxylic acids is 1. The van der Waals surface area contributed by atoms with Crippen LogP contribution in [0.25, 0.3) is 10.9 Å². The molecule has 0 aliphatic carbocycles. The molecular formula is C25H31N3O5. The van der Waals surface area contributed by atoms with Gasteiger partial charge in [-0.15, -0.1) is 0 Å². The number of carbonyl (C=O) groups is 1. The van der Waals surface area contributed by atoms with Crippen LogP contribution in [-0.4, -0.2) is 81.9 Å². The van der Waals surface area contributed by atoms with Gasteiger partial charge in [0, 0.05) is 44.2 Å². The number of benzene rings is 2. The van der Waals surface area contributed by atoms with E-state index in [2.05, 4.69) is 22.0 Å². The molecule has 1 N–H and O–H groups in total. The predicted octanol–water partition coefficient (Wildman–Crippen LogP) is 3.20. The van der Waals surface area contributed by atoms with Crippen LogP contribution in [0.4, 0.5) is 0 Å². The zero-order chi connectivity index (χ0) is 23.4. The van der Waals surface area contributed by atoms with E-state index >= 15 is 0 Å². The lowest BCUT2D eigenvalue weighted by Crippen LogP contribution is -2.49. The van der Waals surface area contributed by atoms with Gasteiger partial charge < -0.3 is 28.8 Å². The van der Waals surface area contributed by atoms with Gasteiger partial charge in [-0.25, -0.2) is 0 Å². The summed E-state index contributed by atoms with van der Waals surface area (Å²) in [6, 6.07) is 11.8. The fourth-order valence-electron chi connectivity index (χ4n) is 4.28. The summed E-state index contributed by atoms with van der Waals surface area (Å²) >= 11 is 0. The minimum Gasteiger partial charge on any atom is -0.497 e. The maximum Gasteiger partial charge on any atom is 0.270 e. The first kappa shape index (κ1) is 22.8. The molecule has 0 radical (unpaired) electrons. The molecule has 0 unspecified atom stereocenters. The van der Waals surface area contributed by atoms with Gasteiger partial charge in [-0.3, -0.25) is 9.69 Å². The largest absolute Gasteiger partial charge is 0.497 e. The van der Waals surface area contributed by atoms with E-state index in [4.69, 9.17) is 18.9 Å². The number of piperazine rings is 1. The Hall–Kier alpha value is -3.39. The van der Waals surface area contributed by atoms with Crippen molar-refractivity contribution in [2.75, 3.05) is 61.2 Å². The summed E-state index contributed by atoms with van der Waals surface area (Å²) in [6.07, 6.45) is 0.974. The molecule has 1 fully saturated rings. The van der Waals surface area contributed by atoms with Crippen molar-refractivity contribution >= 4 is 16.8 Å². The highest BCUT2D eigenvalue weighted by Gasteiger charge is 2.25. The van der Waals surface area contributed by atoms with Crippen LogP contribution in [0.1, 0.15) is 16.1 Å². The Bertz CT molecular complexity index is 1100. The molecule has 176 valence electrons. The van der Waals surface area contributed by atoms with Gasteiger partial charge in [-0.1, -0.05) is 12.1 Å². The molecule has 0 saturated carbocycles. The van der Waals surface area contributed by atoms with E-state index < -0.39 is 0 Å². The summed E-state index contributed by atoms with van der Waals surface area (Å²) in [7, 11) is 6.43. The van der Waals surface area contributed by atoms with Crippen LogP contribution in [0.5, 0.6) is 23.0 Å². The SMILES string of the molecule is COc1ccc(CCN2CCN(C(=O)c3cc4c(OC)cc(OC)c(OC)c4[nH]3)CC2)cc1. The Balaban J connectivity index is 1.41. The van der Waals surface area contributed by atoms with Gasteiger partial charge in [0.25, 0.3) is 5.91 Å². The third kappa shape index (κ3) is 4.71. The first-order chi connectivity index (χ1) is 16.1. The normalized spacial score (nSPS) is 14.4. The maximum atomic E-state index is 13.2. The molecule has 4 rings (SSSR count). The lowest BCUT2D eigenvalue weighted by Gasteiger charge is -2.34. The highest BCUT2D eigenvalue weighted by atomic mass is 16.5. The zero-order valence-electron chi connectivity index (χ0n) is 19.6. The van der Waals surface area contributed by atoms with Crippen molar-refractivity contribution in [3.8, 4) is 23.0 Å². The van der Waals surface area contributed by atoms with E-state index in [-0.39, 0.29) is 5.91 Å². The van der Waals surface area contributed by atoms with Crippen LogP contribution in [0, 0.1) is 0 Å². The molecule has 3 aromatic rings. The average Bonchev–Trinajstić information content (AvgIpc) is 3.32. The molecule has 8 nitrogen and oxygen atoms in total. The molecule has 2 aromatic carbocycles. The van der Waals surface area contributed by atoms with Crippen LogP contribution in [0.2, 0.25) is 0 Å². The Morgan fingerprint density at radius 2 is 1.58 bits per heavy atom. The molecule has 1 aromatic heterocycles. The van der Waals surface area contributed by atoms with Crippen molar-refractivity contribution in [3.63, 3.8) is 0 Å². The van der Waals surface area contributed by atoms with Gasteiger partial charge in [0.15, 0.2) is 11.5 Å². The first-order valence-electron chi connectivity index (χ1n) is 11.0. The number of aromatic amines is 1. The monoisotopic (exact) mass is 453 g/mol. The number of rotatable bonds is 8. The number of fused-ring (bicyclic) bond motifs is 1. The van der Waals surface area contributed by atoms with Gasteiger partial charge in [-0.05, 0) is 30.2 Å². The molecule has 33 heavy (non-hydrogen) atoms. The fraction of sp³-hybridized carbons (Fsp3) is 0.400. The Morgan fingerprint density at radius 1 is 0.879 bits per heavy atom.